The molecule has 1 aromatic carbocycles. The van der Waals surface area contributed by atoms with Crippen molar-refractivity contribution in [3.05, 3.63) is 83.0 Å². The van der Waals surface area contributed by atoms with E-state index in [2.05, 4.69) is 46.5 Å². The number of aromatic nitrogens is 1. The summed E-state index contributed by atoms with van der Waals surface area (Å²) in [5.41, 5.74) is 10.6. The van der Waals surface area contributed by atoms with E-state index in [1.807, 2.05) is 30.5 Å². The van der Waals surface area contributed by atoms with Gasteiger partial charge < -0.3 is 56.7 Å². The molecule has 11 nitrogen and oxygen atoms in total. The first kappa shape index (κ1) is 45.9. The monoisotopic (exact) mass is 876 g/mol. The molecule has 12 atom stereocenters. The molecule has 0 spiro atoms. The van der Waals surface area contributed by atoms with Gasteiger partial charge in [-0.15, -0.1) is 0 Å². The summed E-state index contributed by atoms with van der Waals surface area (Å²) >= 11 is 0. The first-order valence-corrected chi connectivity index (χ1v) is 25.2. The Kier molecular flexibility index (Phi) is 16.6. The highest BCUT2D eigenvalue weighted by atomic mass is 33.1. The van der Waals surface area contributed by atoms with Crippen molar-refractivity contribution in [2.45, 2.75) is 120 Å². The lowest BCUT2D eigenvalue weighted by atomic mass is 9.78. The van der Waals surface area contributed by atoms with Crippen molar-refractivity contribution in [1.29, 1.82) is 0 Å². The highest BCUT2D eigenvalue weighted by molar-refractivity contribution is 8.76. The van der Waals surface area contributed by atoms with E-state index in [9.17, 15) is 30.6 Å². The fraction of sp³-hybridized carbons (Fsp3) is 0.625. The first-order chi connectivity index (χ1) is 29.6. The van der Waals surface area contributed by atoms with Gasteiger partial charge in [0.05, 0.1) is 24.4 Å². The number of aromatic amines is 1. The number of aromatic hydroxyl groups is 1. The number of nitrogens with two attached hydrogens (primary N) is 1. The number of allylic oxidation sites excluding steroid dienone is 3. The van der Waals surface area contributed by atoms with Crippen LogP contribution in [0.25, 0.3) is 0 Å². The van der Waals surface area contributed by atoms with E-state index >= 15 is 0 Å². The van der Waals surface area contributed by atoms with Crippen LogP contribution >= 0.6 is 21.6 Å². The van der Waals surface area contributed by atoms with Gasteiger partial charge in [0.15, 0.2) is 11.5 Å². The van der Waals surface area contributed by atoms with Crippen molar-refractivity contribution < 1.29 is 35.4 Å². The van der Waals surface area contributed by atoms with Gasteiger partial charge in [-0.25, -0.2) is 0 Å². The molecule has 11 N–H and O–H groups in total. The van der Waals surface area contributed by atoms with Gasteiger partial charge in [0, 0.05) is 84.3 Å². The normalized spacial score (nSPS) is 33.4. The minimum Gasteiger partial charge on any atom is -0.504 e. The zero-order valence-corrected chi connectivity index (χ0v) is 37.1. The molecule has 2 aromatic rings. The molecule has 2 aliphatic heterocycles. The number of aliphatic hydroxyl groups is 5. The summed E-state index contributed by atoms with van der Waals surface area (Å²) in [5.74, 6) is 7.82. The van der Waals surface area contributed by atoms with Crippen molar-refractivity contribution in [3.8, 4) is 23.3 Å². The zero-order chi connectivity index (χ0) is 42.9. The van der Waals surface area contributed by atoms with E-state index in [1.54, 1.807) is 33.7 Å². The third kappa shape index (κ3) is 11.8. The van der Waals surface area contributed by atoms with Crippen LogP contribution in [0.1, 0.15) is 88.3 Å². The van der Waals surface area contributed by atoms with Crippen molar-refractivity contribution in [2.75, 3.05) is 31.2 Å². The van der Waals surface area contributed by atoms with Gasteiger partial charge in [0.25, 0.3) is 0 Å². The Morgan fingerprint density at radius 3 is 2.61 bits per heavy atom. The first-order valence-electron chi connectivity index (χ1n) is 22.7. The molecule has 0 amide bonds. The molecule has 61 heavy (non-hydrogen) atoms. The van der Waals surface area contributed by atoms with Gasteiger partial charge in [0.1, 0.15) is 11.9 Å². The Bertz CT molecular complexity index is 1870. The summed E-state index contributed by atoms with van der Waals surface area (Å²) in [4.78, 5) is 3.34. The average molecular weight is 877 g/mol. The number of H-pyrrole nitrogens is 1. The van der Waals surface area contributed by atoms with Crippen LogP contribution in [0.15, 0.2) is 71.7 Å². The van der Waals surface area contributed by atoms with Gasteiger partial charge in [-0.05, 0) is 105 Å². The van der Waals surface area contributed by atoms with E-state index in [4.69, 9.17) is 10.5 Å². The second-order valence-corrected chi connectivity index (χ2v) is 20.5. The van der Waals surface area contributed by atoms with Gasteiger partial charge in [-0.1, -0.05) is 77.5 Å². The number of nitrogens with one attached hydrogen (secondary N) is 3. The second-order valence-electron chi connectivity index (χ2n) is 18.0. The van der Waals surface area contributed by atoms with Crippen LogP contribution in [0.2, 0.25) is 0 Å². The predicted octanol–water partition coefficient (Wildman–Crippen LogP) is 5.50. The molecule has 1 saturated carbocycles. The molecular weight excluding hydrogens is 809 g/mol. The lowest BCUT2D eigenvalue weighted by Gasteiger charge is -2.34. The van der Waals surface area contributed by atoms with E-state index in [0.29, 0.717) is 62.0 Å². The number of phenols is 1. The summed E-state index contributed by atoms with van der Waals surface area (Å²) in [6.45, 7) is 3.06. The van der Waals surface area contributed by atoms with Crippen LogP contribution in [-0.2, 0) is 6.42 Å². The van der Waals surface area contributed by atoms with Crippen LogP contribution in [0.4, 0.5) is 0 Å². The van der Waals surface area contributed by atoms with Gasteiger partial charge in [-0.2, -0.15) is 0 Å². The van der Waals surface area contributed by atoms with Crippen LogP contribution in [0.3, 0.4) is 0 Å². The second kappa shape index (κ2) is 22.0. The molecule has 2 fully saturated rings. The number of dihydropyridines is 1. The number of ether oxygens (including phenoxy) is 1. The summed E-state index contributed by atoms with van der Waals surface area (Å²) < 4.78 is 6.72. The third-order valence-corrected chi connectivity index (χ3v) is 16.4. The van der Waals surface area contributed by atoms with E-state index in [0.717, 1.165) is 54.5 Å². The third-order valence-electron chi connectivity index (χ3n) is 14.0. The topological polar surface area (TPSA) is 196 Å². The Hall–Kier alpha value is -3.06. The minimum atomic E-state index is -1.04. The Morgan fingerprint density at radius 2 is 1.84 bits per heavy atom. The average Bonchev–Trinajstić information content (AvgIpc) is 3.97. The Labute approximate surface area is 369 Å². The highest BCUT2D eigenvalue weighted by Gasteiger charge is 2.39. The fourth-order valence-corrected chi connectivity index (χ4v) is 12.7. The summed E-state index contributed by atoms with van der Waals surface area (Å²) in [6.07, 6.45) is 13.3. The maximum Gasteiger partial charge on any atom is 0.161 e. The van der Waals surface area contributed by atoms with Crippen molar-refractivity contribution in [1.82, 2.24) is 15.6 Å². The fourth-order valence-electron chi connectivity index (χ4n) is 10.2. The number of fused-ring (bicyclic) bond motifs is 2. The molecule has 12 unspecified atom stereocenters. The zero-order valence-electron chi connectivity index (χ0n) is 35.5. The molecule has 1 saturated heterocycles. The van der Waals surface area contributed by atoms with E-state index in [-0.39, 0.29) is 53.9 Å². The SMILES string of the molecule is CCC1C#CC2C=CC(c3ccc(O)c(OC4CC(Cc5ccc[nH]5)C5=CCNC(N)=C5CSSCC(CO)C4O)c3)CC(O)C2C(O)CCC(NCC(O)C2CCCC2)C1. The van der Waals surface area contributed by atoms with Gasteiger partial charge >= 0.3 is 0 Å². The quantitative estimate of drug-likeness (QED) is 0.0775. The van der Waals surface area contributed by atoms with Crippen LogP contribution < -0.4 is 21.1 Å². The van der Waals surface area contributed by atoms with Crippen molar-refractivity contribution in [3.63, 3.8) is 0 Å². The molecule has 3 heterocycles. The largest absolute Gasteiger partial charge is 0.504 e. The molecule has 0 bridgehead atoms. The van der Waals surface area contributed by atoms with Crippen LogP contribution in [-0.4, -0.2) is 103 Å². The molecule has 3 aliphatic carbocycles. The molecule has 334 valence electrons. The number of rotatable bonds is 11. The van der Waals surface area contributed by atoms with Gasteiger partial charge in [0.2, 0.25) is 0 Å². The molecular formula is C48H68N4O7S2. The van der Waals surface area contributed by atoms with Crippen LogP contribution in [0.5, 0.6) is 11.5 Å². The minimum absolute atomic E-state index is 0.0688. The lowest BCUT2D eigenvalue weighted by Crippen LogP contribution is -2.42. The van der Waals surface area contributed by atoms with Gasteiger partial charge in [-0.3, -0.25) is 0 Å². The summed E-state index contributed by atoms with van der Waals surface area (Å²) in [5, 5.41) is 75.3. The molecule has 5 aliphatic rings. The van der Waals surface area contributed by atoms with Crippen molar-refractivity contribution in [2.24, 2.45) is 41.2 Å². The molecule has 1 aromatic heterocycles. The highest BCUT2D eigenvalue weighted by Crippen LogP contribution is 2.42. The number of hydrogen-bond acceptors (Lipinski definition) is 12. The standard InChI is InChI=1S/C48H68N4O7S2/c1-2-29-9-10-31-11-12-32(22-42(56)46(31)41(55)16-14-37(20-29)52-25-43(57)30-6-3-4-7-30)33-13-15-40(54)44(23-33)59-45-24-34(21-36-8-5-18-50-36)38-17-19-51-48(49)39(38)28-61-60-27-35(26-53)47(45)58/h5,8,11-13,15,17-18,23,29-32,34-35,37,41-43,45-47,50-58H,2-4,6-7,14,16,19-22,24-28,49H2,1H3. The lowest BCUT2D eigenvalue weighted by molar-refractivity contribution is -0.0214. The predicted molar refractivity (Wildman–Crippen MR) is 245 cm³/mol. The van der Waals surface area contributed by atoms with Crippen LogP contribution in [0, 0.1) is 47.3 Å². The van der Waals surface area contributed by atoms with Crippen molar-refractivity contribution >= 4 is 21.6 Å². The number of hydrogen-bond donors (Lipinski definition) is 10. The summed E-state index contributed by atoms with van der Waals surface area (Å²) in [6, 6.07) is 9.37. The summed E-state index contributed by atoms with van der Waals surface area (Å²) in [7, 11) is 3.24. The maximum absolute atomic E-state index is 12.0. The smallest absolute Gasteiger partial charge is 0.161 e. The Balaban J connectivity index is 1.12. The number of aliphatic hydroxyl groups excluding tert-OH is 5. The molecule has 0 radical (unpaired) electrons. The number of phenolic OH excluding ortho intramolecular Hbond substituents is 1. The Morgan fingerprint density at radius 1 is 1.00 bits per heavy atom. The number of benzene rings is 1. The maximum atomic E-state index is 12.0. The van der Waals surface area contributed by atoms with E-state index < -0.39 is 36.3 Å². The van der Waals surface area contributed by atoms with E-state index in [1.165, 1.54) is 12.8 Å². The molecule has 13 heteroatoms. The molecule has 7 rings (SSSR count).